The van der Waals surface area contributed by atoms with Crippen LogP contribution < -0.4 is 11.6 Å². The van der Waals surface area contributed by atoms with Crippen LogP contribution in [0.2, 0.25) is 0 Å². The Labute approximate surface area is 58.9 Å². The lowest BCUT2D eigenvalue weighted by Gasteiger charge is -2.21. The number of methoxy groups -OCH3 is 1. The van der Waals surface area contributed by atoms with Gasteiger partial charge in [-0.1, -0.05) is 0 Å². The van der Waals surface area contributed by atoms with E-state index in [1.165, 1.54) is 12.1 Å². The molecule has 10 heavy (non-hydrogen) atoms. The van der Waals surface area contributed by atoms with Crippen molar-refractivity contribution in [3.63, 3.8) is 0 Å². The number of rotatable bonds is 0. The molecular formula is C5H10N4O. The molecule has 1 unspecified atom stereocenters. The fraction of sp³-hybridized carbons (Fsp3) is 0.400. The number of ether oxygens (including phenoxy) is 1. The molecule has 0 amide bonds. The fourth-order valence-electron chi connectivity index (χ4n) is 0.599. The van der Waals surface area contributed by atoms with E-state index in [0.717, 1.165) is 0 Å². The van der Waals surface area contributed by atoms with Crippen LogP contribution in [0.3, 0.4) is 0 Å². The highest BCUT2D eigenvalue weighted by molar-refractivity contribution is 5.88. The summed E-state index contributed by atoms with van der Waals surface area (Å²) in [4.78, 5) is 3.87. The molecule has 56 valence electrons. The smallest absolute Gasteiger partial charge is 0.213 e. The average Bonchev–Trinajstić information content (AvgIpc) is 1.95. The number of hydrogen-bond acceptors (Lipinski definition) is 5. The molecule has 0 spiro atoms. The van der Waals surface area contributed by atoms with E-state index < -0.39 is 6.29 Å². The topological polar surface area (TPSA) is 76.9 Å². The summed E-state index contributed by atoms with van der Waals surface area (Å²) < 4.78 is 4.81. The zero-order valence-corrected chi connectivity index (χ0v) is 5.69. The predicted molar refractivity (Wildman–Crippen MR) is 37.6 cm³/mol. The van der Waals surface area contributed by atoms with Crippen LogP contribution in [0.5, 0.6) is 0 Å². The van der Waals surface area contributed by atoms with E-state index in [9.17, 15) is 0 Å². The minimum Gasteiger partial charge on any atom is -0.481 e. The van der Waals surface area contributed by atoms with Crippen molar-refractivity contribution in [3.05, 3.63) is 12.3 Å². The molecule has 1 rings (SSSR count). The van der Waals surface area contributed by atoms with Crippen LogP contribution in [-0.2, 0) is 4.74 Å². The summed E-state index contributed by atoms with van der Waals surface area (Å²) in [6.45, 7) is 0. The first kappa shape index (κ1) is 7.04. The summed E-state index contributed by atoms with van der Waals surface area (Å²) in [5, 5.41) is 1.29. The SMILES string of the molecule is COC1=NC(N)N(N)C=C1. The Balaban J connectivity index is 2.66. The molecule has 0 aromatic rings. The van der Waals surface area contributed by atoms with Gasteiger partial charge in [-0.15, -0.1) is 0 Å². The van der Waals surface area contributed by atoms with E-state index in [-0.39, 0.29) is 0 Å². The second kappa shape index (κ2) is 2.68. The van der Waals surface area contributed by atoms with E-state index in [1.807, 2.05) is 0 Å². The maximum Gasteiger partial charge on any atom is 0.213 e. The van der Waals surface area contributed by atoms with Crippen molar-refractivity contribution in [3.8, 4) is 0 Å². The molecule has 0 radical (unpaired) electrons. The van der Waals surface area contributed by atoms with Crippen molar-refractivity contribution in [2.45, 2.75) is 6.29 Å². The molecule has 0 saturated heterocycles. The Morgan fingerprint density at radius 1 is 1.80 bits per heavy atom. The normalized spacial score (nSPS) is 24.5. The van der Waals surface area contributed by atoms with Gasteiger partial charge >= 0.3 is 0 Å². The summed E-state index contributed by atoms with van der Waals surface area (Å²) in [5.41, 5.74) is 5.43. The number of nitrogens with zero attached hydrogens (tertiary/aromatic N) is 2. The first-order valence-corrected chi connectivity index (χ1v) is 2.82. The van der Waals surface area contributed by atoms with E-state index in [2.05, 4.69) is 4.99 Å². The number of aliphatic imine (C=N–C) groups is 1. The molecule has 5 heteroatoms. The molecule has 5 nitrogen and oxygen atoms in total. The first-order valence-electron chi connectivity index (χ1n) is 2.82. The third kappa shape index (κ3) is 1.26. The maximum absolute atomic E-state index is 5.43. The maximum atomic E-state index is 5.43. The number of hydrogen-bond donors (Lipinski definition) is 2. The van der Waals surface area contributed by atoms with Crippen LogP contribution >= 0.6 is 0 Å². The minimum atomic E-state index is -0.528. The summed E-state index contributed by atoms with van der Waals surface area (Å²) in [6, 6.07) is 0. The van der Waals surface area contributed by atoms with E-state index in [1.54, 1.807) is 12.3 Å². The van der Waals surface area contributed by atoms with Crippen molar-refractivity contribution >= 4 is 5.90 Å². The first-order chi connectivity index (χ1) is 4.74. The van der Waals surface area contributed by atoms with Gasteiger partial charge in [0.2, 0.25) is 5.90 Å². The second-order valence-electron chi connectivity index (χ2n) is 1.85. The summed E-state index contributed by atoms with van der Waals surface area (Å²) in [5.74, 6) is 5.85. The van der Waals surface area contributed by atoms with Gasteiger partial charge in [0.1, 0.15) is 0 Å². The lowest BCUT2D eigenvalue weighted by molar-refractivity contribution is 0.281. The molecule has 1 heterocycles. The van der Waals surface area contributed by atoms with E-state index in [4.69, 9.17) is 16.3 Å². The molecule has 1 aliphatic rings. The van der Waals surface area contributed by atoms with Crippen molar-refractivity contribution in [1.82, 2.24) is 5.01 Å². The zero-order valence-electron chi connectivity index (χ0n) is 5.69. The number of hydrazine groups is 1. The van der Waals surface area contributed by atoms with Crippen molar-refractivity contribution < 1.29 is 4.74 Å². The van der Waals surface area contributed by atoms with Crippen LogP contribution in [0, 0.1) is 0 Å². The van der Waals surface area contributed by atoms with Gasteiger partial charge in [0, 0.05) is 12.3 Å². The average molecular weight is 142 g/mol. The highest BCUT2D eigenvalue weighted by Gasteiger charge is 2.09. The summed E-state index contributed by atoms with van der Waals surface area (Å²) >= 11 is 0. The third-order valence-electron chi connectivity index (χ3n) is 1.16. The summed E-state index contributed by atoms with van der Waals surface area (Å²) in [7, 11) is 1.53. The Hall–Kier alpha value is -1.07. The molecule has 0 aromatic carbocycles. The van der Waals surface area contributed by atoms with Gasteiger partial charge in [-0.05, 0) is 0 Å². The second-order valence-corrected chi connectivity index (χ2v) is 1.85. The van der Waals surface area contributed by atoms with Crippen LogP contribution in [0.15, 0.2) is 17.3 Å². The fourth-order valence-corrected chi connectivity index (χ4v) is 0.599. The van der Waals surface area contributed by atoms with Crippen LogP contribution in [0.25, 0.3) is 0 Å². The molecule has 0 aliphatic carbocycles. The highest BCUT2D eigenvalue weighted by Crippen LogP contribution is 1.98. The predicted octanol–water partition coefficient (Wildman–Crippen LogP) is -1.02. The molecular weight excluding hydrogens is 132 g/mol. The van der Waals surface area contributed by atoms with Crippen LogP contribution in [-0.4, -0.2) is 24.3 Å². The highest BCUT2D eigenvalue weighted by atomic mass is 16.5. The summed E-state index contributed by atoms with van der Waals surface area (Å²) in [6.07, 6.45) is 2.72. The van der Waals surface area contributed by atoms with Gasteiger partial charge in [0.05, 0.1) is 7.11 Å². The molecule has 0 bridgehead atoms. The monoisotopic (exact) mass is 142 g/mol. The van der Waals surface area contributed by atoms with Crippen molar-refractivity contribution in [1.29, 1.82) is 0 Å². The van der Waals surface area contributed by atoms with Gasteiger partial charge < -0.3 is 4.74 Å². The molecule has 1 aliphatic heterocycles. The largest absolute Gasteiger partial charge is 0.481 e. The Morgan fingerprint density at radius 3 is 3.00 bits per heavy atom. The molecule has 1 atom stereocenters. The van der Waals surface area contributed by atoms with Crippen LogP contribution in [0.1, 0.15) is 0 Å². The van der Waals surface area contributed by atoms with Gasteiger partial charge in [-0.3, -0.25) is 10.7 Å². The molecule has 0 saturated carbocycles. The van der Waals surface area contributed by atoms with E-state index >= 15 is 0 Å². The third-order valence-corrected chi connectivity index (χ3v) is 1.16. The standard InChI is InChI=1S/C5H10N4O/c1-10-4-2-3-9(7)5(6)8-4/h2-3,5H,6-7H2,1H3. The lowest BCUT2D eigenvalue weighted by Crippen LogP contribution is -2.44. The Kier molecular flexibility index (Phi) is 1.88. The van der Waals surface area contributed by atoms with Gasteiger partial charge in [-0.2, -0.15) is 0 Å². The Bertz CT molecular complexity index is 176. The Morgan fingerprint density at radius 2 is 2.50 bits per heavy atom. The number of nitrogens with two attached hydrogens (primary N) is 2. The molecule has 0 aromatic heterocycles. The van der Waals surface area contributed by atoms with Gasteiger partial charge in [0.15, 0.2) is 6.29 Å². The van der Waals surface area contributed by atoms with Crippen molar-refractivity contribution in [2.24, 2.45) is 16.6 Å². The van der Waals surface area contributed by atoms with Gasteiger partial charge in [0.25, 0.3) is 0 Å². The quantitative estimate of drug-likeness (QED) is 0.424. The van der Waals surface area contributed by atoms with E-state index in [0.29, 0.717) is 5.90 Å². The van der Waals surface area contributed by atoms with Gasteiger partial charge in [-0.25, -0.2) is 10.8 Å². The zero-order chi connectivity index (χ0) is 7.56. The lowest BCUT2D eigenvalue weighted by atomic mass is 10.5. The van der Waals surface area contributed by atoms with Crippen LogP contribution in [0.4, 0.5) is 0 Å². The minimum absolute atomic E-state index is 0.495. The molecule has 4 N–H and O–H groups in total. The molecule has 0 fully saturated rings. The van der Waals surface area contributed by atoms with Crippen molar-refractivity contribution in [2.75, 3.05) is 7.11 Å².